The quantitative estimate of drug-likeness (QED) is 0.534. The molecule has 0 aromatic heterocycles. The van der Waals surface area contributed by atoms with Crippen molar-refractivity contribution in [3.63, 3.8) is 0 Å². The minimum absolute atomic E-state index is 0.114. The monoisotopic (exact) mass is 312 g/mol. The van der Waals surface area contributed by atoms with Crippen LogP contribution in [0, 0.1) is 21.7 Å². The lowest BCUT2D eigenvalue weighted by atomic mass is 10.2. The second-order valence-corrected chi connectivity index (χ2v) is 5.74. The van der Waals surface area contributed by atoms with Gasteiger partial charge in [0.2, 0.25) is 0 Å². The van der Waals surface area contributed by atoms with Gasteiger partial charge in [0.1, 0.15) is 11.6 Å². The molecule has 0 bridgehead atoms. The number of hydrogen-bond donors (Lipinski definition) is 1. The highest BCUT2D eigenvalue weighted by Gasteiger charge is 2.13. The van der Waals surface area contributed by atoms with Crippen LogP contribution < -0.4 is 5.73 Å². The van der Waals surface area contributed by atoms with Crippen molar-refractivity contribution in [2.45, 2.75) is 10.6 Å². The first kappa shape index (κ1) is 15.0. The largest absolute Gasteiger partial charge is 0.399 e. The summed E-state index contributed by atoms with van der Waals surface area (Å²) in [4.78, 5) is 10.0. The zero-order valence-electron chi connectivity index (χ0n) is 10.6. The number of benzene rings is 2. The number of anilines is 1. The van der Waals surface area contributed by atoms with E-state index in [0.717, 1.165) is 30.3 Å². The Morgan fingerprint density at radius 3 is 2.38 bits per heavy atom. The third-order valence-electron chi connectivity index (χ3n) is 2.61. The maximum absolute atomic E-state index is 13.3. The van der Waals surface area contributed by atoms with Gasteiger partial charge in [-0.25, -0.2) is 8.78 Å². The molecule has 2 aromatic carbocycles. The highest BCUT2D eigenvalue weighted by atomic mass is 32.2. The first-order valence-electron chi connectivity index (χ1n) is 5.73. The van der Waals surface area contributed by atoms with Crippen LogP contribution in [0.25, 0.3) is 0 Å². The molecule has 0 aliphatic carbocycles. The summed E-state index contributed by atoms with van der Waals surface area (Å²) in [6, 6.07) is 6.42. The normalized spacial score (nSPS) is 12.1. The van der Waals surface area contributed by atoms with Gasteiger partial charge in [-0.1, -0.05) is 0 Å². The van der Waals surface area contributed by atoms with Crippen LogP contribution in [-0.4, -0.2) is 9.13 Å². The Kier molecular flexibility index (Phi) is 4.27. The predicted molar refractivity (Wildman–Crippen MR) is 74.0 cm³/mol. The maximum atomic E-state index is 13.3. The Hall–Kier alpha value is -2.35. The van der Waals surface area contributed by atoms with Gasteiger partial charge in [0, 0.05) is 16.6 Å². The van der Waals surface area contributed by atoms with E-state index in [1.54, 1.807) is 0 Å². The summed E-state index contributed by atoms with van der Waals surface area (Å²) in [7, 11) is -1.69. The lowest BCUT2D eigenvalue weighted by Crippen LogP contribution is -2.00. The van der Waals surface area contributed by atoms with E-state index in [9.17, 15) is 23.1 Å². The Labute approximate surface area is 121 Å². The van der Waals surface area contributed by atoms with Gasteiger partial charge in [-0.3, -0.25) is 14.3 Å². The third-order valence-corrected chi connectivity index (χ3v) is 3.96. The average molecular weight is 312 g/mol. The topological polar surface area (TPSA) is 86.2 Å². The van der Waals surface area contributed by atoms with E-state index in [1.165, 1.54) is 6.07 Å². The molecule has 0 fully saturated rings. The molecule has 21 heavy (non-hydrogen) atoms. The summed E-state index contributed by atoms with van der Waals surface area (Å²) in [5.41, 5.74) is 5.32. The van der Waals surface area contributed by atoms with E-state index in [-0.39, 0.29) is 21.9 Å². The van der Waals surface area contributed by atoms with Crippen molar-refractivity contribution >= 4 is 22.2 Å². The van der Waals surface area contributed by atoms with E-state index >= 15 is 0 Å². The minimum Gasteiger partial charge on any atom is -0.399 e. The SMILES string of the molecule is Nc1cc(F)cc(S(=O)Cc2cc(F)cc([N+](=O)[O-])c2)c1. The molecule has 0 radical (unpaired) electrons. The first-order valence-corrected chi connectivity index (χ1v) is 7.05. The number of non-ortho nitro benzene ring substituents is 1. The van der Waals surface area contributed by atoms with Crippen LogP contribution in [0.4, 0.5) is 20.2 Å². The molecule has 1 atom stereocenters. The van der Waals surface area contributed by atoms with Gasteiger partial charge in [-0.15, -0.1) is 0 Å². The molecule has 8 heteroatoms. The van der Waals surface area contributed by atoms with E-state index < -0.39 is 33.0 Å². The number of halogens is 2. The van der Waals surface area contributed by atoms with Crippen molar-refractivity contribution in [3.8, 4) is 0 Å². The third kappa shape index (κ3) is 3.82. The van der Waals surface area contributed by atoms with Crippen LogP contribution in [0.2, 0.25) is 0 Å². The molecule has 1 unspecified atom stereocenters. The lowest BCUT2D eigenvalue weighted by molar-refractivity contribution is -0.385. The Morgan fingerprint density at radius 2 is 1.76 bits per heavy atom. The van der Waals surface area contributed by atoms with Crippen molar-refractivity contribution in [2.24, 2.45) is 0 Å². The summed E-state index contributed by atoms with van der Waals surface area (Å²) >= 11 is 0. The molecular weight excluding hydrogens is 302 g/mol. The molecule has 110 valence electrons. The molecule has 0 saturated heterocycles. The summed E-state index contributed by atoms with van der Waals surface area (Å²) in [6.45, 7) is 0. The fourth-order valence-electron chi connectivity index (χ4n) is 1.77. The molecule has 0 aliphatic rings. The van der Waals surface area contributed by atoms with Crippen molar-refractivity contribution in [1.82, 2.24) is 0 Å². The predicted octanol–water partition coefficient (Wildman–Crippen LogP) is 2.76. The fraction of sp³-hybridized carbons (Fsp3) is 0.0769. The van der Waals surface area contributed by atoms with E-state index in [4.69, 9.17) is 5.73 Å². The number of nitro groups is 1. The van der Waals surface area contributed by atoms with Gasteiger partial charge in [0.05, 0.1) is 27.5 Å². The number of nitrogens with two attached hydrogens (primary N) is 1. The van der Waals surface area contributed by atoms with Crippen LogP contribution in [0.15, 0.2) is 41.3 Å². The molecule has 2 rings (SSSR count). The molecule has 0 amide bonds. The Morgan fingerprint density at radius 1 is 1.10 bits per heavy atom. The molecule has 0 saturated carbocycles. The standard InChI is InChI=1S/C13H10F2N2O3S/c14-9-1-8(2-12(4-9)17(18)19)7-21(20)13-5-10(15)3-11(16)6-13/h1-6H,7,16H2. The van der Waals surface area contributed by atoms with Gasteiger partial charge in [-0.2, -0.15) is 0 Å². The molecule has 2 N–H and O–H groups in total. The average Bonchev–Trinajstić information content (AvgIpc) is 2.36. The zero-order chi connectivity index (χ0) is 15.6. The zero-order valence-corrected chi connectivity index (χ0v) is 11.4. The van der Waals surface area contributed by atoms with Crippen molar-refractivity contribution in [3.05, 3.63) is 63.7 Å². The maximum Gasteiger partial charge on any atom is 0.272 e. The second-order valence-electron chi connectivity index (χ2n) is 4.28. The van der Waals surface area contributed by atoms with Crippen LogP contribution in [0.5, 0.6) is 0 Å². The summed E-state index contributed by atoms with van der Waals surface area (Å²) < 4.78 is 38.6. The van der Waals surface area contributed by atoms with Crippen LogP contribution >= 0.6 is 0 Å². The molecular formula is C13H10F2N2O3S. The number of nitrogens with zero attached hydrogens (tertiary/aromatic N) is 1. The molecule has 2 aromatic rings. The molecule has 0 aliphatic heterocycles. The van der Waals surface area contributed by atoms with Crippen molar-refractivity contribution in [2.75, 3.05) is 5.73 Å². The van der Waals surface area contributed by atoms with Gasteiger partial charge in [0.15, 0.2) is 0 Å². The number of nitrogen functional groups attached to an aromatic ring is 1. The highest BCUT2D eigenvalue weighted by Crippen LogP contribution is 2.21. The van der Waals surface area contributed by atoms with Crippen LogP contribution in [-0.2, 0) is 16.6 Å². The first-order chi connectivity index (χ1) is 9.85. The van der Waals surface area contributed by atoms with E-state index in [1.807, 2.05) is 0 Å². The number of rotatable bonds is 4. The Bertz CT molecular complexity index is 717. The smallest absolute Gasteiger partial charge is 0.272 e. The summed E-state index contributed by atoms with van der Waals surface area (Å²) in [5, 5.41) is 10.6. The lowest BCUT2D eigenvalue weighted by Gasteiger charge is -2.05. The highest BCUT2D eigenvalue weighted by molar-refractivity contribution is 7.84. The second kappa shape index (κ2) is 5.96. The number of nitro benzene ring substituents is 1. The minimum atomic E-state index is -1.69. The van der Waals surface area contributed by atoms with Crippen molar-refractivity contribution in [1.29, 1.82) is 0 Å². The molecule has 0 heterocycles. The number of hydrogen-bond acceptors (Lipinski definition) is 4. The Balaban J connectivity index is 2.29. The van der Waals surface area contributed by atoms with Crippen LogP contribution in [0.1, 0.15) is 5.56 Å². The van der Waals surface area contributed by atoms with Gasteiger partial charge < -0.3 is 5.73 Å². The van der Waals surface area contributed by atoms with E-state index in [0.29, 0.717) is 0 Å². The molecule has 5 nitrogen and oxygen atoms in total. The van der Waals surface area contributed by atoms with E-state index in [2.05, 4.69) is 0 Å². The van der Waals surface area contributed by atoms with Gasteiger partial charge in [-0.05, 0) is 29.8 Å². The van der Waals surface area contributed by atoms with Crippen molar-refractivity contribution < 1.29 is 17.9 Å². The summed E-state index contributed by atoms with van der Waals surface area (Å²) in [6.07, 6.45) is 0. The summed E-state index contributed by atoms with van der Waals surface area (Å²) in [5.74, 6) is -1.61. The fourth-order valence-corrected chi connectivity index (χ4v) is 2.92. The van der Waals surface area contributed by atoms with Gasteiger partial charge >= 0.3 is 0 Å². The van der Waals surface area contributed by atoms with Gasteiger partial charge in [0.25, 0.3) is 5.69 Å². The molecule has 0 spiro atoms. The van der Waals surface area contributed by atoms with Crippen LogP contribution in [0.3, 0.4) is 0 Å².